The van der Waals surface area contributed by atoms with E-state index in [4.69, 9.17) is 5.73 Å². The molecule has 0 unspecified atom stereocenters. The molecule has 0 rings (SSSR count). The Morgan fingerprint density at radius 2 is 2.44 bits per heavy atom. The average molecular weight is 128 g/mol. The van der Waals surface area contributed by atoms with Crippen molar-refractivity contribution < 1.29 is 0 Å². The van der Waals surface area contributed by atoms with Gasteiger partial charge >= 0.3 is 0 Å². The first-order chi connectivity index (χ1) is 4.31. The molecule has 0 bridgehead atoms. The minimum Gasteiger partial charge on any atom is -0.329 e. The zero-order valence-corrected chi connectivity index (χ0v) is 6.06. The molecule has 0 aliphatic rings. The molecule has 0 aromatic carbocycles. The van der Waals surface area contributed by atoms with Gasteiger partial charge in [0.15, 0.2) is 0 Å². The van der Waals surface area contributed by atoms with Crippen molar-refractivity contribution in [3.8, 4) is 0 Å². The van der Waals surface area contributed by atoms with Gasteiger partial charge in [-0.2, -0.15) is 0 Å². The summed E-state index contributed by atoms with van der Waals surface area (Å²) in [7, 11) is 0. The van der Waals surface area contributed by atoms with Gasteiger partial charge in [0, 0.05) is 12.6 Å². The van der Waals surface area contributed by atoms with Gasteiger partial charge in [0.25, 0.3) is 0 Å². The standard InChI is InChI=1S/C7H16N2/c1-3-4-5-9-7(2)6-8/h3,7,9H,1,4-6,8H2,2H3/t7-/m1/s1. The van der Waals surface area contributed by atoms with E-state index < -0.39 is 0 Å². The Morgan fingerprint density at radius 3 is 2.89 bits per heavy atom. The highest BCUT2D eigenvalue weighted by molar-refractivity contribution is 4.69. The lowest BCUT2D eigenvalue weighted by Crippen LogP contribution is -2.33. The summed E-state index contributed by atoms with van der Waals surface area (Å²) in [4.78, 5) is 0. The Labute approximate surface area is 57.1 Å². The maximum absolute atomic E-state index is 5.37. The van der Waals surface area contributed by atoms with Crippen molar-refractivity contribution in [2.45, 2.75) is 19.4 Å². The summed E-state index contributed by atoms with van der Waals surface area (Å²) >= 11 is 0. The van der Waals surface area contributed by atoms with Gasteiger partial charge in [-0.1, -0.05) is 6.08 Å². The SMILES string of the molecule is C=CCCN[C@H](C)CN. The molecule has 0 aliphatic heterocycles. The molecule has 0 heterocycles. The van der Waals surface area contributed by atoms with E-state index in [0.29, 0.717) is 12.6 Å². The lowest BCUT2D eigenvalue weighted by Gasteiger charge is -2.08. The Hall–Kier alpha value is -0.340. The van der Waals surface area contributed by atoms with Crippen molar-refractivity contribution in [3.05, 3.63) is 12.7 Å². The third-order valence-corrected chi connectivity index (χ3v) is 1.19. The normalized spacial score (nSPS) is 13.1. The number of nitrogens with one attached hydrogen (secondary N) is 1. The van der Waals surface area contributed by atoms with Crippen LogP contribution in [0.3, 0.4) is 0 Å². The van der Waals surface area contributed by atoms with E-state index in [-0.39, 0.29) is 0 Å². The molecule has 0 aromatic rings. The monoisotopic (exact) mass is 128 g/mol. The van der Waals surface area contributed by atoms with Crippen molar-refractivity contribution in [2.75, 3.05) is 13.1 Å². The lowest BCUT2D eigenvalue weighted by atomic mass is 10.3. The first-order valence-electron chi connectivity index (χ1n) is 3.35. The van der Waals surface area contributed by atoms with Crippen LogP contribution in [0.25, 0.3) is 0 Å². The molecule has 0 radical (unpaired) electrons. The van der Waals surface area contributed by atoms with Crippen LogP contribution in [-0.2, 0) is 0 Å². The maximum atomic E-state index is 5.37. The van der Waals surface area contributed by atoms with E-state index in [1.54, 1.807) is 0 Å². The second-order valence-corrected chi connectivity index (χ2v) is 2.17. The number of nitrogens with two attached hydrogens (primary N) is 1. The molecule has 54 valence electrons. The van der Waals surface area contributed by atoms with Crippen LogP contribution in [0, 0.1) is 0 Å². The van der Waals surface area contributed by atoms with Gasteiger partial charge in [0.05, 0.1) is 0 Å². The van der Waals surface area contributed by atoms with Crippen LogP contribution in [-0.4, -0.2) is 19.1 Å². The quantitative estimate of drug-likeness (QED) is 0.418. The molecule has 0 aromatic heterocycles. The Balaban J connectivity index is 2.96. The summed E-state index contributed by atoms with van der Waals surface area (Å²) in [6, 6.07) is 0.435. The van der Waals surface area contributed by atoms with E-state index in [1.165, 1.54) is 0 Å². The first kappa shape index (κ1) is 8.66. The van der Waals surface area contributed by atoms with Gasteiger partial charge in [-0.25, -0.2) is 0 Å². The van der Waals surface area contributed by atoms with E-state index in [0.717, 1.165) is 13.0 Å². The second-order valence-electron chi connectivity index (χ2n) is 2.17. The topological polar surface area (TPSA) is 38.0 Å². The molecule has 0 fully saturated rings. The molecular weight excluding hydrogens is 112 g/mol. The molecule has 3 N–H and O–H groups in total. The third-order valence-electron chi connectivity index (χ3n) is 1.19. The Bertz CT molecular complexity index is 71.3. The highest BCUT2D eigenvalue weighted by Gasteiger charge is 1.92. The van der Waals surface area contributed by atoms with Crippen molar-refractivity contribution in [2.24, 2.45) is 5.73 Å². The molecule has 0 spiro atoms. The third kappa shape index (κ3) is 5.53. The molecular formula is C7H16N2. The molecule has 2 nitrogen and oxygen atoms in total. The zero-order chi connectivity index (χ0) is 7.11. The number of hydrogen-bond acceptors (Lipinski definition) is 2. The van der Waals surface area contributed by atoms with Crippen molar-refractivity contribution in [1.29, 1.82) is 0 Å². The van der Waals surface area contributed by atoms with Gasteiger partial charge in [-0.15, -0.1) is 6.58 Å². The predicted molar refractivity (Wildman–Crippen MR) is 41.3 cm³/mol. The predicted octanol–water partition coefficient (Wildman–Crippen LogP) is 0.499. The smallest absolute Gasteiger partial charge is 0.0162 e. The number of rotatable bonds is 5. The fourth-order valence-electron chi connectivity index (χ4n) is 0.515. The molecule has 0 saturated carbocycles. The van der Waals surface area contributed by atoms with Crippen molar-refractivity contribution in [3.63, 3.8) is 0 Å². The highest BCUT2D eigenvalue weighted by atomic mass is 14.9. The van der Waals surface area contributed by atoms with E-state index in [9.17, 15) is 0 Å². The van der Waals surface area contributed by atoms with Gasteiger partial charge < -0.3 is 11.1 Å². The Morgan fingerprint density at radius 1 is 1.78 bits per heavy atom. The van der Waals surface area contributed by atoms with Gasteiger partial charge in [-0.05, 0) is 19.9 Å². The van der Waals surface area contributed by atoms with Crippen LogP contribution in [0.4, 0.5) is 0 Å². The van der Waals surface area contributed by atoms with Crippen LogP contribution in [0.1, 0.15) is 13.3 Å². The molecule has 0 saturated heterocycles. The molecule has 0 aliphatic carbocycles. The largest absolute Gasteiger partial charge is 0.329 e. The Kier molecular flexibility index (Phi) is 5.57. The highest BCUT2D eigenvalue weighted by Crippen LogP contribution is 1.79. The summed E-state index contributed by atoms with van der Waals surface area (Å²) in [6.45, 7) is 7.38. The minimum atomic E-state index is 0.435. The van der Waals surface area contributed by atoms with Crippen LogP contribution in [0.2, 0.25) is 0 Å². The van der Waals surface area contributed by atoms with Crippen LogP contribution >= 0.6 is 0 Å². The second kappa shape index (κ2) is 5.79. The van der Waals surface area contributed by atoms with Crippen LogP contribution in [0.5, 0.6) is 0 Å². The van der Waals surface area contributed by atoms with E-state index >= 15 is 0 Å². The maximum Gasteiger partial charge on any atom is 0.0162 e. The summed E-state index contributed by atoms with van der Waals surface area (Å²) in [5, 5.41) is 3.24. The minimum absolute atomic E-state index is 0.435. The first-order valence-corrected chi connectivity index (χ1v) is 3.35. The summed E-state index contributed by atoms with van der Waals surface area (Å²) in [5.74, 6) is 0. The van der Waals surface area contributed by atoms with Gasteiger partial charge in [0.1, 0.15) is 0 Å². The van der Waals surface area contributed by atoms with Crippen molar-refractivity contribution >= 4 is 0 Å². The van der Waals surface area contributed by atoms with Gasteiger partial charge in [0.2, 0.25) is 0 Å². The van der Waals surface area contributed by atoms with Crippen molar-refractivity contribution in [1.82, 2.24) is 5.32 Å². The van der Waals surface area contributed by atoms with Crippen LogP contribution < -0.4 is 11.1 Å². The van der Waals surface area contributed by atoms with Crippen LogP contribution in [0.15, 0.2) is 12.7 Å². The fraction of sp³-hybridized carbons (Fsp3) is 0.714. The van der Waals surface area contributed by atoms with Gasteiger partial charge in [-0.3, -0.25) is 0 Å². The fourth-order valence-corrected chi connectivity index (χ4v) is 0.515. The average Bonchev–Trinajstić information content (AvgIpc) is 1.89. The summed E-state index contributed by atoms with van der Waals surface area (Å²) < 4.78 is 0. The zero-order valence-electron chi connectivity index (χ0n) is 6.06. The number of hydrogen-bond donors (Lipinski definition) is 2. The van der Waals surface area contributed by atoms with E-state index in [2.05, 4.69) is 18.8 Å². The lowest BCUT2D eigenvalue weighted by molar-refractivity contribution is 0.563. The molecule has 2 heteroatoms. The molecule has 0 amide bonds. The van der Waals surface area contributed by atoms with E-state index in [1.807, 2.05) is 6.08 Å². The summed E-state index contributed by atoms with van der Waals surface area (Å²) in [5.41, 5.74) is 5.37. The molecule has 9 heavy (non-hydrogen) atoms. The molecule has 1 atom stereocenters. The summed E-state index contributed by atoms with van der Waals surface area (Å²) in [6.07, 6.45) is 2.92.